The summed E-state index contributed by atoms with van der Waals surface area (Å²) in [6.45, 7) is 3.57. The monoisotopic (exact) mass is 174 g/mol. The van der Waals surface area contributed by atoms with E-state index < -0.39 is 12.1 Å². The van der Waals surface area contributed by atoms with Crippen LogP contribution < -0.4 is 0 Å². The first kappa shape index (κ1) is 11.1. The summed E-state index contributed by atoms with van der Waals surface area (Å²) in [5.74, 6) is -0.391. The quantitative estimate of drug-likeness (QED) is 0.459. The minimum absolute atomic E-state index is 0.0703. The molecule has 0 heterocycles. The van der Waals surface area contributed by atoms with Gasteiger partial charge in [0.05, 0.1) is 32.8 Å². The molecule has 0 fully saturated rings. The Morgan fingerprint density at radius 1 is 1.75 bits per heavy atom. The molecule has 0 aliphatic rings. The van der Waals surface area contributed by atoms with Gasteiger partial charge in [0.25, 0.3) is 0 Å². The molecule has 0 amide bonds. The molecule has 0 aromatic heterocycles. The largest absolute Gasteiger partial charge is 0.469 e. The van der Waals surface area contributed by atoms with Gasteiger partial charge in [0.1, 0.15) is 0 Å². The van der Waals surface area contributed by atoms with E-state index in [1.807, 2.05) is 0 Å². The molecule has 4 nitrogen and oxygen atoms in total. The second-order valence-corrected chi connectivity index (χ2v) is 2.21. The van der Waals surface area contributed by atoms with Gasteiger partial charge < -0.3 is 14.6 Å². The zero-order chi connectivity index (χ0) is 9.40. The zero-order valence-electron chi connectivity index (χ0n) is 7.16. The third-order valence-electron chi connectivity index (χ3n) is 1.28. The van der Waals surface area contributed by atoms with E-state index in [4.69, 9.17) is 9.84 Å². The number of carbonyl (C=O) groups is 1. The number of methoxy groups -OCH3 is 1. The molecule has 1 unspecified atom stereocenters. The van der Waals surface area contributed by atoms with Gasteiger partial charge in [0, 0.05) is 0 Å². The molecule has 1 atom stereocenters. The van der Waals surface area contributed by atoms with E-state index in [1.54, 1.807) is 6.08 Å². The Balaban J connectivity index is 3.66. The molecule has 1 N–H and O–H groups in total. The summed E-state index contributed by atoms with van der Waals surface area (Å²) < 4.78 is 9.45. The molecule has 0 radical (unpaired) electrons. The van der Waals surface area contributed by atoms with Gasteiger partial charge >= 0.3 is 5.97 Å². The highest BCUT2D eigenvalue weighted by molar-refractivity contribution is 5.69. The van der Waals surface area contributed by atoms with E-state index in [2.05, 4.69) is 11.3 Å². The van der Waals surface area contributed by atoms with Crippen LogP contribution in [0.15, 0.2) is 12.7 Å². The van der Waals surface area contributed by atoms with E-state index in [9.17, 15) is 4.79 Å². The number of ether oxygens (including phenoxy) is 2. The van der Waals surface area contributed by atoms with E-state index in [0.29, 0.717) is 6.61 Å². The molecule has 0 aliphatic heterocycles. The van der Waals surface area contributed by atoms with Gasteiger partial charge in [-0.2, -0.15) is 0 Å². The van der Waals surface area contributed by atoms with Gasteiger partial charge in [-0.1, -0.05) is 6.08 Å². The van der Waals surface area contributed by atoms with Crippen molar-refractivity contribution >= 4 is 5.97 Å². The molecule has 0 bridgehead atoms. The smallest absolute Gasteiger partial charge is 0.308 e. The summed E-state index contributed by atoms with van der Waals surface area (Å²) in [5.41, 5.74) is 0. The van der Waals surface area contributed by atoms with Gasteiger partial charge in [-0.05, 0) is 0 Å². The third-order valence-corrected chi connectivity index (χ3v) is 1.28. The number of rotatable bonds is 6. The van der Waals surface area contributed by atoms with Crippen LogP contribution in [0.5, 0.6) is 0 Å². The Hall–Kier alpha value is -0.870. The Morgan fingerprint density at radius 3 is 2.83 bits per heavy atom. The maximum Gasteiger partial charge on any atom is 0.308 e. The highest BCUT2D eigenvalue weighted by atomic mass is 16.5. The normalized spacial score (nSPS) is 12.2. The van der Waals surface area contributed by atoms with Crippen molar-refractivity contribution in [3.8, 4) is 0 Å². The lowest BCUT2D eigenvalue weighted by Gasteiger charge is -2.11. The zero-order valence-corrected chi connectivity index (χ0v) is 7.16. The van der Waals surface area contributed by atoms with Crippen molar-refractivity contribution in [2.45, 2.75) is 12.5 Å². The average molecular weight is 174 g/mol. The molecule has 0 aromatic rings. The summed E-state index contributed by atoms with van der Waals surface area (Å²) in [6.07, 6.45) is 1.14. The summed E-state index contributed by atoms with van der Waals surface area (Å²) in [5, 5.41) is 8.73. The van der Waals surface area contributed by atoms with Crippen LogP contribution in [0.25, 0.3) is 0 Å². The van der Waals surface area contributed by atoms with Crippen LogP contribution in [0.3, 0.4) is 0 Å². The Morgan fingerprint density at radius 2 is 2.42 bits per heavy atom. The van der Waals surface area contributed by atoms with Crippen molar-refractivity contribution in [2.24, 2.45) is 0 Å². The number of carbonyl (C=O) groups excluding carboxylic acids is 1. The molecule has 0 spiro atoms. The van der Waals surface area contributed by atoms with Crippen LogP contribution in [-0.4, -0.2) is 37.5 Å². The van der Waals surface area contributed by atoms with Crippen LogP contribution in [0.1, 0.15) is 6.42 Å². The number of aliphatic hydroxyl groups excluding tert-OH is 1. The van der Waals surface area contributed by atoms with Crippen molar-refractivity contribution in [1.82, 2.24) is 0 Å². The molecule has 70 valence electrons. The Kier molecular flexibility index (Phi) is 6.32. The van der Waals surface area contributed by atoms with Crippen molar-refractivity contribution in [2.75, 3.05) is 20.3 Å². The van der Waals surface area contributed by atoms with E-state index >= 15 is 0 Å². The lowest BCUT2D eigenvalue weighted by atomic mass is 10.3. The second kappa shape index (κ2) is 6.82. The summed E-state index contributed by atoms with van der Waals surface area (Å²) in [4.78, 5) is 10.7. The average Bonchev–Trinajstić information content (AvgIpc) is 2.11. The highest BCUT2D eigenvalue weighted by Gasteiger charge is 2.12. The maximum absolute atomic E-state index is 10.7. The second-order valence-electron chi connectivity index (χ2n) is 2.21. The van der Waals surface area contributed by atoms with Crippen molar-refractivity contribution in [3.05, 3.63) is 12.7 Å². The van der Waals surface area contributed by atoms with E-state index in [0.717, 1.165) is 0 Å². The molecule has 0 aromatic carbocycles. The lowest BCUT2D eigenvalue weighted by Crippen LogP contribution is -2.22. The third kappa shape index (κ3) is 4.87. The molecule has 4 heteroatoms. The van der Waals surface area contributed by atoms with Crippen LogP contribution in [0.2, 0.25) is 0 Å². The summed E-state index contributed by atoms with van der Waals surface area (Å²) >= 11 is 0. The molecule has 0 saturated heterocycles. The van der Waals surface area contributed by atoms with E-state index in [-0.39, 0.29) is 13.0 Å². The Bertz CT molecular complexity index is 144. The summed E-state index contributed by atoms with van der Waals surface area (Å²) in [6, 6.07) is 0. The molecule has 12 heavy (non-hydrogen) atoms. The molecule has 0 rings (SSSR count). The molecule has 0 aliphatic carbocycles. The minimum atomic E-state index is -0.490. The van der Waals surface area contributed by atoms with Crippen LogP contribution >= 0.6 is 0 Å². The predicted molar refractivity (Wildman–Crippen MR) is 43.7 cm³/mol. The van der Waals surface area contributed by atoms with Crippen LogP contribution in [0, 0.1) is 0 Å². The van der Waals surface area contributed by atoms with Gasteiger partial charge in [0.15, 0.2) is 0 Å². The van der Waals surface area contributed by atoms with Gasteiger partial charge in [-0.3, -0.25) is 4.79 Å². The first-order valence-corrected chi connectivity index (χ1v) is 3.64. The number of aliphatic hydroxyl groups is 1. The number of hydrogen-bond acceptors (Lipinski definition) is 4. The molecular weight excluding hydrogens is 160 g/mol. The van der Waals surface area contributed by atoms with Gasteiger partial charge in [-0.15, -0.1) is 6.58 Å². The molecular formula is C8H14O4. The van der Waals surface area contributed by atoms with Crippen molar-refractivity contribution < 1.29 is 19.4 Å². The van der Waals surface area contributed by atoms with Gasteiger partial charge in [0.2, 0.25) is 0 Å². The fraction of sp³-hybridized carbons (Fsp3) is 0.625. The standard InChI is InChI=1S/C8H14O4/c1-3-4-12-7(6-9)5-8(10)11-2/h3,7,9H,1,4-6H2,2H3. The van der Waals surface area contributed by atoms with Crippen molar-refractivity contribution in [1.29, 1.82) is 0 Å². The SMILES string of the molecule is C=CCOC(CO)CC(=O)OC. The lowest BCUT2D eigenvalue weighted by molar-refractivity contribution is -0.144. The molecule has 0 saturated carbocycles. The van der Waals surface area contributed by atoms with Crippen molar-refractivity contribution in [3.63, 3.8) is 0 Å². The van der Waals surface area contributed by atoms with Gasteiger partial charge in [-0.25, -0.2) is 0 Å². The fourth-order valence-electron chi connectivity index (χ4n) is 0.650. The number of esters is 1. The van der Waals surface area contributed by atoms with Crippen LogP contribution in [0.4, 0.5) is 0 Å². The number of hydrogen-bond donors (Lipinski definition) is 1. The Labute approximate surface area is 71.8 Å². The minimum Gasteiger partial charge on any atom is -0.469 e. The first-order valence-electron chi connectivity index (χ1n) is 3.64. The highest BCUT2D eigenvalue weighted by Crippen LogP contribution is 1.99. The maximum atomic E-state index is 10.7. The summed E-state index contributed by atoms with van der Waals surface area (Å²) in [7, 11) is 1.30. The first-order chi connectivity index (χ1) is 5.74. The van der Waals surface area contributed by atoms with E-state index in [1.165, 1.54) is 7.11 Å². The fourth-order valence-corrected chi connectivity index (χ4v) is 0.650. The van der Waals surface area contributed by atoms with Crippen LogP contribution in [-0.2, 0) is 14.3 Å². The predicted octanol–water partition coefficient (Wildman–Crippen LogP) is 0.113. The topological polar surface area (TPSA) is 55.8 Å².